The number of aryl methyl sites for hydroxylation is 1. The molecular formula is C16H25ClNO4P. The molecule has 23 heavy (non-hydrogen) atoms. The van der Waals surface area contributed by atoms with Crippen LogP contribution in [0.15, 0.2) is 35.6 Å². The Labute approximate surface area is 143 Å². The molecule has 7 heteroatoms. The Morgan fingerprint density at radius 2 is 1.83 bits per heavy atom. The minimum atomic E-state index is -3.79. The molecule has 0 radical (unpaired) electrons. The number of nitrogens with zero attached hydrogens (tertiary/aromatic N) is 1. The number of likely N-dealkylation sites (N-methyl/N-ethyl adjacent to an activating group) is 1. The van der Waals surface area contributed by atoms with E-state index in [9.17, 15) is 4.57 Å². The van der Waals surface area contributed by atoms with E-state index in [1.807, 2.05) is 32.9 Å². The summed E-state index contributed by atoms with van der Waals surface area (Å²) < 4.78 is 29.0. The number of hydrogen-bond acceptors (Lipinski definition) is 5. The third-order valence-electron chi connectivity index (χ3n) is 3.15. The third kappa shape index (κ3) is 6.96. The summed E-state index contributed by atoms with van der Waals surface area (Å²) >= 11 is 5.81. The maximum atomic E-state index is 12.8. The second-order valence-electron chi connectivity index (χ2n) is 4.90. The molecule has 5 nitrogen and oxygen atoms in total. The number of phosphoric ester groups is 1. The van der Waals surface area contributed by atoms with Crippen LogP contribution in [0.1, 0.15) is 26.3 Å². The van der Waals surface area contributed by atoms with Gasteiger partial charge in [0, 0.05) is 5.54 Å². The Morgan fingerprint density at radius 1 is 1.22 bits per heavy atom. The fourth-order valence-corrected chi connectivity index (χ4v) is 3.26. The molecule has 0 aliphatic carbocycles. The molecule has 0 aromatic heterocycles. The molecule has 0 aliphatic heterocycles. The van der Waals surface area contributed by atoms with Crippen molar-refractivity contribution in [2.75, 3.05) is 26.2 Å². The van der Waals surface area contributed by atoms with Gasteiger partial charge in [-0.1, -0.05) is 43.1 Å². The summed E-state index contributed by atoms with van der Waals surface area (Å²) in [5.41, 5.74) is 2.34. The molecule has 0 saturated heterocycles. The quantitative estimate of drug-likeness (QED) is 0.435. The zero-order chi connectivity index (χ0) is 17.3. The number of halogens is 1. The van der Waals surface area contributed by atoms with Gasteiger partial charge in [-0.05, 0) is 39.1 Å². The van der Waals surface area contributed by atoms with Crippen LogP contribution < -0.4 is 4.52 Å². The van der Waals surface area contributed by atoms with Crippen molar-refractivity contribution in [3.05, 3.63) is 41.1 Å². The smallest absolute Gasteiger partial charge is 0.397 e. The van der Waals surface area contributed by atoms with Gasteiger partial charge in [-0.2, -0.15) is 0 Å². The van der Waals surface area contributed by atoms with Crippen LogP contribution in [0.2, 0.25) is 0 Å². The first-order valence-electron chi connectivity index (χ1n) is 7.68. The van der Waals surface area contributed by atoms with E-state index in [2.05, 4.69) is 4.90 Å². The van der Waals surface area contributed by atoms with Crippen LogP contribution in [0.4, 0.5) is 0 Å². The zero-order valence-electron chi connectivity index (χ0n) is 14.1. The molecule has 130 valence electrons. The predicted octanol–water partition coefficient (Wildman–Crippen LogP) is 4.96. The molecule has 1 unspecified atom stereocenters. The molecule has 1 aromatic carbocycles. The van der Waals surface area contributed by atoms with Gasteiger partial charge in [0.25, 0.3) is 0 Å². The summed E-state index contributed by atoms with van der Waals surface area (Å²) in [6, 6.07) is 7.16. The number of hydrogen-bond donors (Lipinski definition) is 0. The molecule has 1 rings (SSSR count). The van der Waals surface area contributed by atoms with Gasteiger partial charge in [0.05, 0.1) is 13.2 Å². The molecule has 0 fully saturated rings. The normalized spacial score (nSPS) is 14.6. The monoisotopic (exact) mass is 361 g/mol. The average molecular weight is 362 g/mol. The van der Waals surface area contributed by atoms with E-state index >= 15 is 0 Å². The topological polar surface area (TPSA) is 48.0 Å². The van der Waals surface area contributed by atoms with E-state index < -0.39 is 7.82 Å². The lowest BCUT2D eigenvalue weighted by Crippen LogP contribution is -2.26. The zero-order valence-corrected chi connectivity index (χ0v) is 15.8. The van der Waals surface area contributed by atoms with Gasteiger partial charge in [-0.3, -0.25) is 9.42 Å². The van der Waals surface area contributed by atoms with Crippen molar-refractivity contribution in [3.8, 4) is 5.75 Å². The van der Waals surface area contributed by atoms with Crippen molar-refractivity contribution in [1.82, 2.24) is 4.90 Å². The second kappa shape index (κ2) is 9.99. The molecule has 0 N–H and O–H groups in total. The van der Waals surface area contributed by atoms with Crippen molar-refractivity contribution >= 4 is 19.4 Å². The molecule has 0 spiro atoms. The first kappa shape index (κ1) is 20.0. The summed E-state index contributed by atoms with van der Waals surface area (Å²) in [6.07, 6.45) is 0. The predicted molar refractivity (Wildman–Crippen MR) is 93.8 cm³/mol. The first-order chi connectivity index (χ1) is 11.0. The Bertz CT molecular complexity index is 544. The van der Waals surface area contributed by atoms with E-state index in [4.69, 9.17) is 25.2 Å². The molecule has 0 bridgehead atoms. The molecule has 0 saturated carbocycles. The van der Waals surface area contributed by atoms with Crippen LogP contribution in [0.3, 0.4) is 0 Å². The van der Waals surface area contributed by atoms with Crippen molar-refractivity contribution in [2.24, 2.45) is 0 Å². The van der Waals surface area contributed by atoms with Crippen molar-refractivity contribution in [2.45, 2.75) is 27.7 Å². The molecular weight excluding hydrogens is 337 g/mol. The Balaban J connectivity index is 2.86. The number of phosphoric acid groups is 1. The van der Waals surface area contributed by atoms with Crippen LogP contribution >= 0.6 is 19.4 Å². The molecule has 0 aliphatic rings. The van der Waals surface area contributed by atoms with Gasteiger partial charge in [-0.25, -0.2) is 4.57 Å². The van der Waals surface area contributed by atoms with Gasteiger partial charge in [0.15, 0.2) is 0 Å². The van der Waals surface area contributed by atoms with Crippen LogP contribution in [-0.4, -0.2) is 31.1 Å². The van der Waals surface area contributed by atoms with E-state index in [0.29, 0.717) is 18.1 Å². The minimum Gasteiger partial charge on any atom is -0.397 e. The van der Waals surface area contributed by atoms with Gasteiger partial charge < -0.3 is 9.05 Å². The highest BCUT2D eigenvalue weighted by molar-refractivity contribution is 7.49. The van der Waals surface area contributed by atoms with Gasteiger partial charge >= 0.3 is 7.82 Å². The van der Waals surface area contributed by atoms with E-state index in [1.54, 1.807) is 19.1 Å². The number of rotatable bonds is 10. The lowest BCUT2D eigenvalue weighted by Gasteiger charge is -2.23. The summed E-state index contributed by atoms with van der Waals surface area (Å²) in [7, 11) is -3.79. The van der Waals surface area contributed by atoms with E-state index in [1.165, 1.54) is 5.54 Å². The Morgan fingerprint density at radius 3 is 2.30 bits per heavy atom. The van der Waals surface area contributed by atoms with Crippen LogP contribution in [0.25, 0.3) is 0 Å². The lowest BCUT2D eigenvalue weighted by atomic mass is 10.2. The maximum Gasteiger partial charge on any atom is 0.587 e. The average Bonchev–Trinajstić information content (AvgIpc) is 2.54. The summed E-state index contributed by atoms with van der Waals surface area (Å²) in [6.45, 7) is 10.0. The highest BCUT2D eigenvalue weighted by atomic mass is 35.5. The summed E-state index contributed by atoms with van der Waals surface area (Å²) in [4.78, 5) is 2.08. The van der Waals surface area contributed by atoms with Crippen LogP contribution in [0, 0.1) is 6.92 Å². The molecule has 1 atom stereocenters. The first-order valence-corrected chi connectivity index (χ1v) is 9.58. The molecule has 1 aromatic rings. The number of benzene rings is 1. The van der Waals surface area contributed by atoms with Crippen molar-refractivity contribution < 1.29 is 18.1 Å². The van der Waals surface area contributed by atoms with Gasteiger partial charge in [0.1, 0.15) is 11.5 Å². The fraction of sp³-hybridized carbons (Fsp3) is 0.500. The lowest BCUT2D eigenvalue weighted by molar-refractivity contribution is 0.178. The van der Waals surface area contributed by atoms with Crippen LogP contribution in [-0.2, 0) is 13.6 Å². The largest absolute Gasteiger partial charge is 0.587 e. The minimum absolute atomic E-state index is 0.198. The maximum absolute atomic E-state index is 12.8. The fourth-order valence-electron chi connectivity index (χ4n) is 1.85. The molecule has 0 amide bonds. The molecule has 0 heterocycles. The Kier molecular flexibility index (Phi) is 8.71. The summed E-state index contributed by atoms with van der Waals surface area (Å²) in [5.74, 6) is 0.767. The highest BCUT2D eigenvalue weighted by Gasteiger charge is 2.31. The third-order valence-corrected chi connectivity index (χ3v) is 4.86. The van der Waals surface area contributed by atoms with Crippen LogP contribution in [0.5, 0.6) is 5.75 Å². The van der Waals surface area contributed by atoms with E-state index in [-0.39, 0.29) is 6.61 Å². The highest BCUT2D eigenvalue weighted by Crippen LogP contribution is 2.51. The van der Waals surface area contributed by atoms with Crippen molar-refractivity contribution in [1.29, 1.82) is 0 Å². The van der Waals surface area contributed by atoms with E-state index in [0.717, 1.165) is 18.7 Å². The standard InChI is InChI=1S/C16H25ClNO4P/c1-5-18(6-2)13-16(12-17)22-23(19,20-7-3)21-15-10-8-14(4)9-11-15/h8-12H,5-7,13H2,1-4H3/b16-12-. The summed E-state index contributed by atoms with van der Waals surface area (Å²) in [5, 5.41) is 0. The van der Waals surface area contributed by atoms with Crippen molar-refractivity contribution in [3.63, 3.8) is 0 Å². The Hall–Kier alpha value is -1.00. The second-order valence-corrected chi connectivity index (χ2v) is 6.63. The van der Waals surface area contributed by atoms with Gasteiger partial charge in [-0.15, -0.1) is 0 Å². The van der Waals surface area contributed by atoms with Gasteiger partial charge in [0.2, 0.25) is 0 Å². The SMILES string of the molecule is CCOP(=O)(O/C(=C\Cl)CN(CC)CC)Oc1ccc(C)cc1.